The minimum Gasteiger partial charge on any atom is -0.496 e. The standard InChI is InChI=1S/C22H29N3O2/c1-16-5-8-21(27-4)18(13-16)15-22(26)23-19-6-7-20(17(2)14-19)25-11-9-24(3)10-12-25/h5-8,13-14H,9-12,15H2,1-4H3,(H,23,26). The van der Waals surface area contributed by atoms with Gasteiger partial charge in [-0.05, 0) is 50.7 Å². The van der Waals surface area contributed by atoms with Gasteiger partial charge < -0.3 is 19.9 Å². The number of nitrogens with one attached hydrogen (secondary N) is 1. The maximum Gasteiger partial charge on any atom is 0.228 e. The number of rotatable bonds is 5. The van der Waals surface area contributed by atoms with Crippen LogP contribution in [0, 0.1) is 13.8 Å². The predicted octanol–water partition coefficient (Wildman–Crippen LogP) is 3.25. The normalized spacial score (nSPS) is 14.9. The number of piperazine rings is 1. The van der Waals surface area contributed by atoms with Crippen LogP contribution in [-0.2, 0) is 11.2 Å². The first-order valence-electron chi connectivity index (χ1n) is 9.44. The molecule has 1 fully saturated rings. The van der Waals surface area contributed by atoms with E-state index in [9.17, 15) is 4.79 Å². The molecule has 27 heavy (non-hydrogen) atoms. The smallest absolute Gasteiger partial charge is 0.228 e. The van der Waals surface area contributed by atoms with Crippen LogP contribution in [0.4, 0.5) is 11.4 Å². The molecular weight excluding hydrogens is 338 g/mol. The van der Waals surface area contributed by atoms with E-state index < -0.39 is 0 Å². The van der Waals surface area contributed by atoms with Crippen LogP contribution in [0.1, 0.15) is 16.7 Å². The second-order valence-electron chi connectivity index (χ2n) is 7.33. The molecule has 1 heterocycles. The van der Waals surface area contributed by atoms with E-state index in [4.69, 9.17) is 4.74 Å². The van der Waals surface area contributed by atoms with Gasteiger partial charge in [0.25, 0.3) is 0 Å². The summed E-state index contributed by atoms with van der Waals surface area (Å²) in [6.07, 6.45) is 0.296. The molecule has 1 saturated heterocycles. The van der Waals surface area contributed by atoms with Crippen molar-refractivity contribution in [2.45, 2.75) is 20.3 Å². The zero-order valence-electron chi connectivity index (χ0n) is 16.7. The molecule has 5 nitrogen and oxygen atoms in total. The van der Waals surface area contributed by atoms with Crippen LogP contribution < -0.4 is 15.0 Å². The van der Waals surface area contributed by atoms with E-state index in [1.54, 1.807) is 7.11 Å². The van der Waals surface area contributed by atoms with Gasteiger partial charge in [-0.25, -0.2) is 0 Å². The molecule has 0 spiro atoms. The molecule has 0 radical (unpaired) electrons. The molecule has 144 valence electrons. The minimum absolute atomic E-state index is 0.0364. The zero-order chi connectivity index (χ0) is 19.4. The molecule has 0 aromatic heterocycles. The highest BCUT2D eigenvalue weighted by Gasteiger charge is 2.16. The number of amides is 1. The fourth-order valence-corrected chi connectivity index (χ4v) is 3.56. The third-order valence-electron chi connectivity index (χ3n) is 5.11. The van der Waals surface area contributed by atoms with Crippen LogP contribution in [0.25, 0.3) is 0 Å². The quantitative estimate of drug-likeness (QED) is 0.881. The third-order valence-corrected chi connectivity index (χ3v) is 5.11. The maximum absolute atomic E-state index is 12.5. The van der Waals surface area contributed by atoms with Crippen molar-refractivity contribution >= 4 is 17.3 Å². The van der Waals surface area contributed by atoms with E-state index in [1.807, 2.05) is 31.2 Å². The van der Waals surface area contributed by atoms with Crippen LogP contribution in [0.2, 0.25) is 0 Å². The molecule has 2 aromatic carbocycles. The van der Waals surface area contributed by atoms with E-state index in [-0.39, 0.29) is 5.91 Å². The Morgan fingerprint density at radius 2 is 1.81 bits per heavy atom. The van der Waals surface area contributed by atoms with Gasteiger partial charge in [0.1, 0.15) is 5.75 Å². The maximum atomic E-state index is 12.5. The lowest BCUT2D eigenvalue weighted by Crippen LogP contribution is -2.44. The van der Waals surface area contributed by atoms with Crippen molar-refractivity contribution in [3.05, 3.63) is 53.1 Å². The molecule has 0 aliphatic carbocycles. The van der Waals surface area contributed by atoms with Gasteiger partial charge in [-0.1, -0.05) is 17.7 Å². The summed E-state index contributed by atoms with van der Waals surface area (Å²) < 4.78 is 5.37. The first-order valence-corrected chi connectivity index (χ1v) is 9.44. The molecule has 1 N–H and O–H groups in total. The Kier molecular flexibility index (Phi) is 6.01. The van der Waals surface area contributed by atoms with Gasteiger partial charge >= 0.3 is 0 Å². The summed E-state index contributed by atoms with van der Waals surface area (Å²) in [5, 5.41) is 3.02. The number of aryl methyl sites for hydroxylation is 2. The molecule has 5 heteroatoms. The molecular formula is C22H29N3O2. The lowest BCUT2D eigenvalue weighted by Gasteiger charge is -2.35. The summed E-state index contributed by atoms with van der Waals surface area (Å²) in [6.45, 7) is 8.35. The van der Waals surface area contributed by atoms with E-state index in [1.165, 1.54) is 11.3 Å². The summed E-state index contributed by atoms with van der Waals surface area (Å²) in [6, 6.07) is 12.1. The average molecular weight is 367 g/mol. The number of nitrogens with zero attached hydrogens (tertiary/aromatic N) is 2. The number of likely N-dealkylation sites (N-methyl/N-ethyl adjacent to an activating group) is 1. The molecule has 0 saturated carbocycles. The summed E-state index contributed by atoms with van der Waals surface area (Å²) in [7, 11) is 3.79. The highest BCUT2D eigenvalue weighted by molar-refractivity contribution is 5.93. The van der Waals surface area contributed by atoms with Gasteiger partial charge in [-0.3, -0.25) is 4.79 Å². The lowest BCUT2D eigenvalue weighted by molar-refractivity contribution is -0.115. The first kappa shape index (κ1) is 19.2. The Morgan fingerprint density at radius 1 is 1.07 bits per heavy atom. The van der Waals surface area contributed by atoms with Crippen molar-refractivity contribution in [3.8, 4) is 5.75 Å². The van der Waals surface area contributed by atoms with Crippen molar-refractivity contribution in [1.29, 1.82) is 0 Å². The third kappa shape index (κ3) is 4.80. The number of methoxy groups -OCH3 is 1. The predicted molar refractivity (Wildman–Crippen MR) is 111 cm³/mol. The van der Waals surface area contributed by atoms with E-state index in [0.717, 1.165) is 48.7 Å². The second kappa shape index (κ2) is 8.44. The Labute approximate surface area is 161 Å². The number of carbonyl (C=O) groups excluding carboxylic acids is 1. The summed E-state index contributed by atoms with van der Waals surface area (Å²) in [4.78, 5) is 17.3. The SMILES string of the molecule is COc1ccc(C)cc1CC(=O)Nc1ccc(N2CCN(C)CC2)c(C)c1. The number of anilines is 2. The van der Waals surface area contributed by atoms with Gasteiger partial charge in [0.2, 0.25) is 5.91 Å². The van der Waals surface area contributed by atoms with Crippen LogP contribution in [0.15, 0.2) is 36.4 Å². The van der Waals surface area contributed by atoms with E-state index in [2.05, 4.69) is 41.2 Å². The zero-order valence-corrected chi connectivity index (χ0v) is 16.7. The average Bonchev–Trinajstić information content (AvgIpc) is 2.63. The van der Waals surface area contributed by atoms with Crippen molar-refractivity contribution in [3.63, 3.8) is 0 Å². The van der Waals surface area contributed by atoms with Crippen molar-refractivity contribution in [2.75, 3.05) is 50.6 Å². The van der Waals surface area contributed by atoms with Gasteiger partial charge in [-0.15, -0.1) is 0 Å². The van der Waals surface area contributed by atoms with Gasteiger partial charge in [0.15, 0.2) is 0 Å². The highest BCUT2D eigenvalue weighted by Crippen LogP contribution is 2.25. The molecule has 2 aromatic rings. The number of ether oxygens (including phenoxy) is 1. The molecule has 1 aliphatic heterocycles. The van der Waals surface area contributed by atoms with E-state index in [0.29, 0.717) is 6.42 Å². The number of benzene rings is 2. The van der Waals surface area contributed by atoms with Crippen molar-refractivity contribution < 1.29 is 9.53 Å². The molecule has 0 unspecified atom stereocenters. The fraction of sp³-hybridized carbons (Fsp3) is 0.409. The lowest BCUT2D eigenvalue weighted by atomic mass is 10.1. The van der Waals surface area contributed by atoms with Crippen LogP contribution >= 0.6 is 0 Å². The van der Waals surface area contributed by atoms with Crippen LogP contribution in [0.3, 0.4) is 0 Å². The highest BCUT2D eigenvalue weighted by atomic mass is 16.5. The number of hydrogen-bond acceptors (Lipinski definition) is 4. The van der Waals surface area contributed by atoms with Gasteiger partial charge in [0, 0.05) is 43.1 Å². The molecule has 1 amide bonds. The van der Waals surface area contributed by atoms with E-state index >= 15 is 0 Å². The Morgan fingerprint density at radius 3 is 2.48 bits per heavy atom. The van der Waals surface area contributed by atoms with Gasteiger partial charge in [-0.2, -0.15) is 0 Å². The van der Waals surface area contributed by atoms with Crippen LogP contribution in [-0.4, -0.2) is 51.1 Å². The molecule has 1 aliphatic rings. The fourth-order valence-electron chi connectivity index (χ4n) is 3.56. The Balaban J connectivity index is 1.66. The van der Waals surface area contributed by atoms with Crippen molar-refractivity contribution in [1.82, 2.24) is 4.90 Å². The largest absolute Gasteiger partial charge is 0.496 e. The Bertz CT molecular complexity index is 811. The monoisotopic (exact) mass is 367 g/mol. The Hall–Kier alpha value is -2.53. The molecule has 3 rings (SSSR count). The second-order valence-corrected chi connectivity index (χ2v) is 7.33. The number of carbonyl (C=O) groups is 1. The molecule has 0 bridgehead atoms. The number of hydrogen-bond donors (Lipinski definition) is 1. The summed E-state index contributed by atoms with van der Waals surface area (Å²) >= 11 is 0. The first-order chi connectivity index (χ1) is 13.0. The summed E-state index contributed by atoms with van der Waals surface area (Å²) in [5.41, 5.74) is 5.29. The van der Waals surface area contributed by atoms with Gasteiger partial charge in [0.05, 0.1) is 13.5 Å². The summed E-state index contributed by atoms with van der Waals surface area (Å²) in [5.74, 6) is 0.711. The topological polar surface area (TPSA) is 44.8 Å². The minimum atomic E-state index is -0.0364. The van der Waals surface area contributed by atoms with Crippen molar-refractivity contribution in [2.24, 2.45) is 0 Å². The molecule has 0 atom stereocenters. The van der Waals surface area contributed by atoms with Crippen LogP contribution in [0.5, 0.6) is 5.75 Å².